The zero-order valence-electron chi connectivity index (χ0n) is 8.98. The highest BCUT2D eigenvalue weighted by atomic mass is 79.9. The third-order valence-electron chi connectivity index (χ3n) is 1.79. The maximum absolute atomic E-state index is 10.2. The quantitative estimate of drug-likeness (QED) is 0.524. The van der Waals surface area contributed by atoms with Crippen molar-refractivity contribution in [1.29, 1.82) is 0 Å². The van der Waals surface area contributed by atoms with Crippen molar-refractivity contribution in [2.24, 2.45) is 0 Å². The van der Waals surface area contributed by atoms with Crippen LogP contribution in [0.4, 0.5) is 0 Å². The van der Waals surface area contributed by atoms with E-state index in [1.807, 2.05) is 0 Å². The highest BCUT2D eigenvalue weighted by Gasteiger charge is 2.10. The number of carbonyl (C=O) groups is 1. The Bertz CT molecular complexity index is 166. The molecule has 2 N–H and O–H groups in total. The number of nitrogens with one attached hydrogen (secondary N) is 1. The lowest BCUT2D eigenvalue weighted by Crippen LogP contribution is -2.30. The van der Waals surface area contributed by atoms with E-state index in [1.54, 1.807) is 0 Å². The Balaban J connectivity index is 3.11. The Kier molecular flexibility index (Phi) is 7.19. The molecule has 4 heteroatoms. The summed E-state index contributed by atoms with van der Waals surface area (Å²) in [5.41, 5.74) is 0. The number of alkyl halides is 1. The molecule has 0 aliphatic carbocycles. The van der Waals surface area contributed by atoms with Gasteiger partial charge in [-0.2, -0.15) is 0 Å². The van der Waals surface area contributed by atoms with Crippen LogP contribution in [-0.2, 0) is 4.79 Å². The Morgan fingerprint density at radius 2 is 2.00 bits per heavy atom. The van der Waals surface area contributed by atoms with E-state index < -0.39 is 5.97 Å². The fourth-order valence-corrected chi connectivity index (χ4v) is 1.29. The minimum atomic E-state index is -0.695. The first-order valence-corrected chi connectivity index (χ1v) is 5.82. The smallest absolute Gasteiger partial charge is 0.303 e. The Labute approximate surface area is 94.4 Å². The van der Waals surface area contributed by atoms with E-state index in [-0.39, 0.29) is 4.32 Å². The number of unbranched alkanes of at least 4 members (excludes halogenated alkanes) is 2. The monoisotopic (exact) mass is 265 g/mol. The van der Waals surface area contributed by atoms with E-state index in [0.717, 1.165) is 32.4 Å². The molecule has 0 aromatic heterocycles. The second-order valence-electron chi connectivity index (χ2n) is 4.10. The van der Waals surface area contributed by atoms with E-state index in [2.05, 4.69) is 35.1 Å². The summed E-state index contributed by atoms with van der Waals surface area (Å²) >= 11 is 3.54. The lowest BCUT2D eigenvalue weighted by atomic mass is 10.2. The molecule has 0 amide bonds. The summed E-state index contributed by atoms with van der Waals surface area (Å²) in [4.78, 5) is 10.2. The van der Waals surface area contributed by atoms with Gasteiger partial charge in [0.25, 0.3) is 0 Å². The van der Waals surface area contributed by atoms with E-state index in [0.29, 0.717) is 6.42 Å². The molecule has 0 saturated heterocycles. The average Bonchev–Trinajstić information content (AvgIpc) is 2.00. The van der Waals surface area contributed by atoms with Gasteiger partial charge in [-0.25, -0.2) is 0 Å². The van der Waals surface area contributed by atoms with Crippen molar-refractivity contribution in [3.8, 4) is 0 Å². The third kappa shape index (κ3) is 11.9. The molecule has 84 valence electrons. The van der Waals surface area contributed by atoms with Crippen LogP contribution < -0.4 is 5.32 Å². The molecule has 0 aliphatic heterocycles. The maximum atomic E-state index is 10.2. The summed E-state index contributed by atoms with van der Waals surface area (Å²) in [5, 5.41) is 11.7. The average molecular weight is 266 g/mol. The van der Waals surface area contributed by atoms with Crippen LogP contribution in [0.5, 0.6) is 0 Å². The minimum Gasteiger partial charge on any atom is -0.481 e. The predicted octanol–water partition coefficient (Wildman–Crippen LogP) is 2.39. The van der Waals surface area contributed by atoms with Crippen LogP contribution in [0, 0.1) is 0 Å². The molecular weight excluding hydrogens is 246 g/mol. The van der Waals surface area contributed by atoms with E-state index in [4.69, 9.17) is 5.11 Å². The van der Waals surface area contributed by atoms with Gasteiger partial charge in [0.1, 0.15) is 0 Å². The molecule has 0 spiro atoms. The number of carboxylic acids is 1. The number of rotatable bonds is 8. The highest BCUT2D eigenvalue weighted by molar-refractivity contribution is 9.10. The van der Waals surface area contributed by atoms with E-state index >= 15 is 0 Å². The lowest BCUT2D eigenvalue weighted by Gasteiger charge is -2.16. The summed E-state index contributed by atoms with van der Waals surface area (Å²) in [6.45, 7) is 6.13. The second kappa shape index (κ2) is 7.23. The van der Waals surface area contributed by atoms with Gasteiger partial charge in [-0.1, -0.05) is 22.4 Å². The number of hydrogen-bond acceptors (Lipinski definition) is 2. The largest absolute Gasteiger partial charge is 0.481 e. The first-order chi connectivity index (χ1) is 6.42. The van der Waals surface area contributed by atoms with Crippen LogP contribution in [0.15, 0.2) is 0 Å². The van der Waals surface area contributed by atoms with Gasteiger partial charge in [-0.05, 0) is 33.2 Å². The normalized spacial score (nSPS) is 11.6. The Morgan fingerprint density at radius 1 is 1.36 bits per heavy atom. The molecular formula is C10H20BrNO2. The number of aliphatic carboxylic acids is 1. The summed E-state index contributed by atoms with van der Waals surface area (Å²) < 4.78 is 0.147. The molecule has 0 rings (SSSR count). The van der Waals surface area contributed by atoms with Crippen molar-refractivity contribution < 1.29 is 9.90 Å². The second-order valence-corrected chi connectivity index (χ2v) is 6.25. The molecule has 0 saturated carbocycles. The van der Waals surface area contributed by atoms with Gasteiger partial charge < -0.3 is 10.4 Å². The molecule has 0 aromatic carbocycles. The van der Waals surface area contributed by atoms with E-state index in [9.17, 15) is 4.79 Å². The van der Waals surface area contributed by atoms with Crippen molar-refractivity contribution in [3.63, 3.8) is 0 Å². The highest BCUT2D eigenvalue weighted by Crippen LogP contribution is 2.13. The van der Waals surface area contributed by atoms with Gasteiger partial charge in [0.2, 0.25) is 0 Å². The van der Waals surface area contributed by atoms with Gasteiger partial charge >= 0.3 is 5.97 Å². The van der Waals surface area contributed by atoms with Gasteiger partial charge in [0.15, 0.2) is 0 Å². The Morgan fingerprint density at radius 3 is 2.50 bits per heavy atom. The minimum absolute atomic E-state index is 0.147. The number of hydrogen-bond donors (Lipinski definition) is 2. The van der Waals surface area contributed by atoms with Crippen LogP contribution >= 0.6 is 15.9 Å². The van der Waals surface area contributed by atoms with Crippen molar-refractivity contribution in [2.75, 3.05) is 13.1 Å². The first-order valence-electron chi connectivity index (χ1n) is 5.03. The first kappa shape index (κ1) is 13.9. The molecule has 0 bridgehead atoms. The van der Waals surface area contributed by atoms with E-state index in [1.165, 1.54) is 0 Å². The predicted molar refractivity (Wildman–Crippen MR) is 62.0 cm³/mol. The van der Waals surface area contributed by atoms with Crippen LogP contribution in [0.2, 0.25) is 0 Å². The van der Waals surface area contributed by atoms with Crippen molar-refractivity contribution in [3.05, 3.63) is 0 Å². The van der Waals surface area contributed by atoms with Crippen LogP contribution in [0.1, 0.15) is 39.5 Å². The molecule has 0 aromatic rings. The lowest BCUT2D eigenvalue weighted by molar-refractivity contribution is -0.137. The number of halogens is 1. The van der Waals surface area contributed by atoms with Gasteiger partial charge in [0, 0.05) is 17.3 Å². The molecule has 0 radical (unpaired) electrons. The summed E-state index contributed by atoms with van der Waals surface area (Å²) in [6, 6.07) is 0. The van der Waals surface area contributed by atoms with Gasteiger partial charge in [-0.3, -0.25) is 4.79 Å². The fourth-order valence-electron chi connectivity index (χ4n) is 1.09. The van der Waals surface area contributed by atoms with Crippen LogP contribution in [0.3, 0.4) is 0 Å². The molecule has 0 heterocycles. The molecule has 0 unspecified atom stereocenters. The van der Waals surface area contributed by atoms with Gasteiger partial charge in [-0.15, -0.1) is 0 Å². The SMILES string of the molecule is CC(C)(Br)CNCCCCCC(=O)O. The zero-order valence-corrected chi connectivity index (χ0v) is 10.6. The summed E-state index contributed by atoms with van der Waals surface area (Å²) in [5.74, 6) is -0.695. The standard InChI is InChI=1S/C10H20BrNO2/c1-10(2,11)8-12-7-5-3-4-6-9(13)14/h12H,3-8H2,1-2H3,(H,13,14). The third-order valence-corrected chi connectivity index (χ3v) is 2.07. The van der Waals surface area contributed by atoms with Gasteiger partial charge in [0.05, 0.1) is 0 Å². The molecule has 0 aliphatic rings. The van der Waals surface area contributed by atoms with Crippen molar-refractivity contribution in [2.45, 2.75) is 43.9 Å². The van der Waals surface area contributed by atoms with Crippen molar-refractivity contribution in [1.82, 2.24) is 5.32 Å². The fraction of sp³-hybridized carbons (Fsp3) is 0.900. The summed E-state index contributed by atoms with van der Waals surface area (Å²) in [6.07, 6.45) is 3.12. The zero-order chi connectivity index (χ0) is 11.0. The summed E-state index contributed by atoms with van der Waals surface area (Å²) in [7, 11) is 0. The van der Waals surface area contributed by atoms with Crippen molar-refractivity contribution >= 4 is 21.9 Å². The maximum Gasteiger partial charge on any atom is 0.303 e. The molecule has 14 heavy (non-hydrogen) atoms. The van der Waals surface area contributed by atoms with Crippen LogP contribution in [-0.4, -0.2) is 28.5 Å². The molecule has 3 nitrogen and oxygen atoms in total. The number of carboxylic acid groups (broad SMARTS) is 1. The van der Waals surface area contributed by atoms with Crippen LogP contribution in [0.25, 0.3) is 0 Å². The molecule has 0 atom stereocenters. The Hall–Kier alpha value is -0.0900. The molecule has 0 fully saturated rings. The topological polar surface area (TPSA) is 49.3 Å².